The molecule has 0 aliphatic rings. The Morgan fingerprint density at radius 1 is 1.27 bits per heavy atom. The second-order valence-electron chi connectivity index (χ2n) is 4.53. The molecule has 0 fully saturated rings. The molecule has 0 saturated carbocycles. The molecule has 88 valence electrons. The first kappa shape index (κ1) is 14.3. The number of carbonyl (C=O) groups is 2. The number of unbranched alkanes of at least 4 members (excludes halogenated alkanes) is 3. The Morgan fingerprint density at radius 3 is 2.40 bits per heavy atom. The zero-order valence-corrected chi connectivity index (χ0v) is 10.3. The summed E-state index contributed by atoms with van der Waals surface area (Å²) in [6, 6.07) is 0. The first-order valence-corrected chi connectivity index (χ1v) is 6.06. The normalized spacial score (nSPS) is 14.6. The van der Waals surface area contributed by atoms with Gasteiger partial charge in [-0.3, -0.25) is 0 Å². The van der Waals surface area contributed by atoms with Crippen molar-refractivity contribution in [1.82, 2.24) is 0 Å². The van der Waals surface area contributed by atoms with Crippen LogP contribution in [0.3, 0.4) is 0 Å². The third-order valence-electron chi connectivity index (χ3n) is 2.91. The molecule has 0 aromatic heterocycles. The summed E-state index contributed by atoms with van der Waals surface area (Å²) in [5, 5.41) is 0. The van der Waals surface area contributed by atoms with E-state index in [0.717, 1.165) is 19.1 Å². The summed E-state index contributed by atoms with van der Waals surface area (Å²) < 4.78 is 0. The van der Waals surface area contributed by atoms with Gasteiger partial charge in [-0.2, -0.15) is 0 Å². The Bertz CT molecular complexity index is 187. The van der Waals surface area contributed by atoms with Gasteiger partial charge in [0.2, 0.25) is 0 Å². The average molecular weight is 212 g/mol. The molecule has 0 N–H and O–H groups in total. The number of hydrogen-bond donors (Lipinski definition) is 0. The topological polar surface area (TPSA) is 34.1 Å². The summed E-state index contributed by atoms with van der Waals surface area (Å²) >= 11 is 0. The van der Waals surface area contributed by atoms with Gasteiger partial charge in [0.1, 0.15) is 12.1 Å². The van der Waals surface area contributed by atoms with Crippen LogP contribution in [0.1, 0.15) is 59.3 Å². The number of ketones is 1. The molecule has 0 radical (unpaired) electrons. The SMILES string of the molecule is CCCCCCC(C=O)C(C)CC(C)=O. The molecule has 0 saturated heterocycles. The van der Waals surface area contributed by atoms with Gasteiger partial charge < -0.3 is 9.59 Å². The standard InChI is InChI=1S/C13H24O2/c1-4-5-6-7-8-13(10-14)11(2)9-12(3)15/h10-11,13H,4-9H2,1-3H3. The molecule has 0 heterocycles. The third kappa shape index (κ3) is 7.29. The van der Waals surface area contributed by atoms with Crippen LogP contribution >= 0.6 is 0 Å². The molecule has 2 nitrogen and oxygen atoms in total. The van der Waals surface area contributed by atoms with Gasteiger partial charge in [-0.05, 0) is 19.3 Å². The molecular formula is C13H24O2. The van der Waals surface area contributed by atoms with Crippen molar-refractivity contribution in [2.75, 3.05) is 0 Å². The maximum Gasteiger partial charge on any atom is 0.130 e. The lowest BCUT2D eigenvalue weighted by Gasteiger charge is -2.17. The van der Waals surface area contributed by atoms with Crippen LogP contribution in [0.2, 0.25) is 0 Å². The zero-order valence-electron chi connectivity index (χ0n) is 10.3. The first-order valence-electron chi connectivity index (χ1n) is 6.06. The number of rotatable bonds is 9. The third-order valence-corrected chi connectivity index (χ3v) is 2.91. The van der Waals surface area contributed by atoms with Crippen molar-refractivity contribution in [2.45, 2.75) is 59.3 Å². The van der Waals surface area contributed by atoms with Crippen LogP contribution in [0.5, 0.6) is 0 Å². The molecular weight excluding hydrogens is 188 g/mol. The van der Waals surface area contributed by atoms with Gasteiger partial charge in [0.15, 0.2) is 0 Å². The lowest BCUT2D eigenvalue weighted by molar-refractivity contribution is -0.119. The summed E-state index contributed by atoms with van der Waals surface area (Å²) in [5.41, 5.74) is 0. The summed E-state index contributed by atoms with van der Waals surface area (Å²) in [5.74, 6) is 0.468. The van der Waals surface area contributed by atoms with Crippen molar-refractivity contribution in [2.24, 2.45) is 11.8 Å². The van der Waals surface area contributed by atoms with Crippen molar-refractivity contribution in [1.29, 1.82) is 0 Å². The fraction of sp³-hybridized carbons (Fsp3) is 0.846. The molecule has 0 bridgehead atoms. The highest BCUT2D eigenvalue weighted by Crippen LogP contribution is 2.20. The van der Waals surface area contributed by atoms with E-state index in [1.165, 1.54) is 19.3 Å². The van der Waals surface area contributed by atoms with Crippen LogP contribution in [0.25, 0.3) is 0 Å². The van der Waals surface area contributed by atoms with E-state index in [-0.39, 0.29) is 17.6 Å². The maximum absolute atomic E-state index is 10.9. The minimum atomic E-state index is 0.0748. The van der Waals surface area contributed by atoms with Crippen molar-refractivity contribution >= 4 is 12.1 Å². The summed E-state index contributed by atoms with van der Waals surface area (Å²) in [7, 11) is 0. The van der Waals surface area contributed by atoms with E-state index in [1.54, 1.807) is 6.92 Å². The van der Waals surface area contributed by atoms with Crippen molar-refractivity contribution in [3.63, 3.8) is 0 Å². The minimum Gasteiger partial charge on any atom is -0.303 e. The van der Waals surface area contributed by atoms with Crippen LogP contribution in [0.15, 0.2) is 0 Å². The van der Waals surface area contributed by atoms with Gasteiger partial charge in [-0.1, -0.05) is 39.5 Å². The van der Waals surface area contributed by atoms with Crippen LogP contribution in [0.4, 0.5) is 0 Å². The van der Waals surface area contributed by atoms with E-state index in [4.69, 9.17) is 0 Å². The maximum atomic E-state index is 10.9. The molecule has 0 aromatic rings. The molecule has 15 heavy (non-hydrogen) atoms. The zero-order chi connectivity index (χ0) is 11.7. The second-order valence-corrected chi connectivity index (χ2v) is 4.53. The Labute approximate surface area is 93.4 Å². The van der Waals surface area contributed by atoms with E-state index >= 15 is 0 Å². The smallest absolute Gasteiger partial charge is 0.130 e. The van der Waals surface area contributed by atoms with Gasteiger partial charge in [0.25, 0.3) is 0 Å². The van der Waals surface area contributed by atoms with Gasteiger partial charge in [0, 0.05) is 12.3 Å². The Hall–Kier alpha value is -0.660. The second kappa shape index (κ2) is 8.63. The van der Waals surface area contributed by atoms with E-state index in [1.807, 2.05) is 6.92 Å². The van der Waals surface area contributed by atoms with Gasteiger partial charge in [0.05, 0.1) is 0 Å². The lowest BCUT2D eigenvalue weighted by atomic mass is 9.87. The largest absolute Gasteiger partial charge is 0.303 e. The van der Waals surface area contributed by atoms with E-state index in [2.05, 4.69) is 6.92 Å². The molecule has 0 spiro atoms. The molecule has 0 aliphatic carbocycles. The Kier molecular flexibility index (Phi) is 8.25. The fourth-order valence-corrected chi connectivity index (χ4v) is 1.90. The first-order chi connectivity index (χ1) is 7.11. The van der Waals surface area contributed by atoms with Crippen molar-refractivity contribution in [3.8, 4) is 0 Å². The summed E-state index contributed by atoms with van der Waals surface area (Å²) in [6.45, 7) is 5.77. The summed E-state index contributed by atoms with van der Waals surface area (Å²) in [6.07, 6.45) is 7.28. The van der Waals surface area contributed by atoms with Crippen LogP contribution in [-0.4, -0.2) is 12.1 Å². The molecule has 0 aliphatic heterocycles. The highest BCUT2D eigenvalue weighted by molar-refractivity contribution is 5.76. The monoisotopic (exact) mass is 212 g/mol. The molecule has 2 heteroatoms. The molecule has 0 amide bonds. The molecule has 2 atom stereocenters. The molecule has 0 aromatic carbocycles. The predicted molar refractivity (Wildman–Crippen MR) is 62.8 cm³/mol. The number of carbonyl (C=O) groups excluding carboxylic acids is 2. The van der Waals surface area contributed by atoms with Crippen LogP contribution in [-0.2, 0) is 9.59 Å². The van der Waals surface area contributed by atoms with Crippen LogP contribution < -0.4 is 0 Å². The Balaban J connectivity index is 3.79. The summed E-state index contributed by atoms with van der Waals surface area (Å²) in [4.78, 5) is 21.8. The van der Waals surface area contributed by atoms with Gasteiger partial charge in [-0.25, -0.2) is 0 Å². The van der Waals surface area contributed by atoms with Crippen molar-refractivity contribution < 1.29 is 9.59 Å². The highest BCUT2D eigenvalue weighted by Gasteiger charge is 2.17. The molecule has 2 unspecified atom stereocenters. The minimum absolute atomic E-state index is 0.0748. The lowest BCUT2D eigenvalue weighted by Crippen LogP contribution is -2.16. The Morgan fingerprint density at radius 2 is 1.93 bits per heavy atom. The number of aldehydes is 1. The average Bonchev–Trinajstić information content (AvgIpc) is 2.16. The quantitative estimate of drug-likeness (QED) is 0.433. The van der Waals surface area contributed by atoms with E-state index in [9.17, 15) is 9.59 Å². The molecule has 0 rings (SSSR count). The predicted octanol–water partition coefficient (Wildman–Crippen LogP) is 3.39. The van der Waals surface area contributed by atoms with E-state index in [0.29, 0.717) is 6.42 Å². The highest BCUT2D eigenvalue weighted by atomic mass is 16.1. The van der Waals surface area contributed by atoms with Crippen LogP contribution in [0, 0.1) is 11.8 Å². The van der Waals surface area contributed by atoms with Gasteiger partial charge in [-0.15, -0.1) is 0 Å². The fourth-order valence-electron chi connectivity index (χ4n) is 1.90. The number of hydrogen-bond acceptors (Lipinski definition) is 2. The number of Topliss-reactive ketones (excluding diaryl/α,β-unsaturated/α-hetero) is 1. The van der Waals surface area contributed by atoms with Gasteiger partial charge >= 0.3 is 0 Å². The van der Waals surface area contributed by atoms with Crippen molar-refractivity contribution in [3.05, 3.63) is 0 Å². The van der Waals surface area contributed by atoms with E-state index < -0.39 is 0 Å².